The Bertz CT molecular complexity index is 795. The summed E-state index contributed by atoms with van der Waals surface area (Å²) in [6.45, 7) is 10.5. The quantitative estimate of drug-likeness (QED) is 0.712. The van der Waals surface area contributed by atoms with Gasteiger partial charge in [-0.2, -0.15) is 0 Å². The number of piperidine rings is 1. The summed E-state index contributed by atoms with van der Waals surface area (Å²) in [4.78, 5) is 9.07. The molecule has 0 bridgehead atoms. The van der Waals surface area contributed by atoms with Crippen LogP contribution in [-0.4, -0.2) is 82.6 Å². The lowest BCUT2D eigenvalue weighted by Crippen LogP contribution is -2.46. The predicted octanol–water partition coefficient (Wildman–Crippen LogP) is 1.93. The van der Waals surface area contributed by atoms with Gasteiger partial charge >= 0.3 is 0 Å². The SMILES string of the molecule is Cc1nccn1CC1(O)CCN(Cc2ccccc2OCCN2CCOCC2)CC1. The molecular weight excluding hydrogens is 380 g/mol. The van der Waals surface area contributed by atoms with Crippen LogP contribution in [0.5, 0.6) is 5.75 Å². The average Bonchev–Trinajstić information content (AvgIpc) is 3.16. The van der Waals surface area contributed by atoms with Crippen LogP contribution in [0.25, 0.3) is 0 Å². The number of likely N-dealkylation sites (tertiary alicyclic amines) is 1. The lowest BCUT2D eigenvalue weighted by molar-refractivity contribution is -0.0362. The van der Waals surface area contributed by atoms with Crippen LogP contribution in [0.15, 0.2) is 36.7 Å². The van der Waals surface area contributed by atoms with E-state index in [4.69, 9.17) is 9.47 Å². The van der Waals surface area contributed by atoms with Crippen molar-refractivity contribution < 1.29 is 14.6 Å². The Kier molecular flexibility index (Phi) is 7.04. The topological polar surface area (TPSA) is 63.0 Å². The van der Waals surface area contributed by atoms with Crippen LogP contribution in [-0.2, 0) is 17.8 Å². The highest BCUT2D eigenvalue weighted by atomic mass is 16.5. The molecule has 2 aliphatic heterocycles. The van der Waals surface area contributed by atoms with Gasteiger partial charge in [0.05, 0.1) is 25.4 Å². The number of hydrogen-bond acceptors (Lipinski definition) is 6. The van der Waals surface area contributed by atoms with Gasteiger partial charge in [-0.15, -0.1) is 0 Å². The highest BCUT2D eigenvalue weighted by Crippen LogP contribution is 2.27. The molecule has 4 rings (SSSR count). The van der Waals surface area contributed by atoms with Crippen molar-refractivity contribution in [3.63, 3.8) is 0 Å². The van der Waals surface area contributed by atoms with Gasteiger partial charge in [-0.05, 0) is 25.8 Å². The maximum absolute atomic E-state index is 11.0. The van der Waals surface area contributed by atoms with Gasteiger partial charge in [0.2, 0.25) is 0 Å². The van der Waals surface area contributed by atoms with E-state index in [0.29, 0.717) is 13.2 Å². The summed E-state index contributed by atoms with van der Waals surface area (Å²) in [5.41, 5.74) is 0.561. The molecule has 3 heterocycles. The Balaban J connectivity index is 1.27. The fraction of sp³-hybridized carbons (Fsp3) is 0.609. The second-order valence-electron chi connectivity index (χ2n) is 8.51. The molecule has 0 aliphatic carbocycles. The molecule has 2 aliphatic rings. The molecule has 1 aromatic heterocycles. The number of nitrogens with zero attached hydrogens (tertiary/aromatic N) is 4. The normalized spacial score (nSPS) is 20.3. The smallest absolute Gasteiger partial charge is 0.123 e. The maximum Gasteiger partial charge on any atom is 0.123 e. The van der Waals surface area contributed by atoms with Crippen molar-refractivity contribution in [3.05, 3.63) is 48.0 Å². The first kappa shape index (κ1) is 21.3. The number of aliphatic hydroxyl groups is 1. The third kappa shape index (κ3) is 5.60. The Morgan fingerprint density at radius 1 is 1.10 bits per heavy atom. The molecule has 0 saturated carbocycles. The van der Waals surface area contributed by atoms with Gasteiger partial charge in [0.25, 0.3) is 0 Å². The molecular formula is C23H34N4O3. The average molecular weight is 415 g/mol. The third-order valence-corrected chi connectivity index (χ3v) is 6.31. The van der Waals surface area contributed by atoms with Crippen molar-refractivity contribution >= 4 is 0 Å². The van der Waals surface area contributed by atoms with E-state index in [1.807, 2.05) is 23.8 Å². The molecule has 2 saturated heterocycles. The second-order valence-corrected chi connectivity index (χ2v) is 8.51. The van der Waals surface area contributed by atoms with Crippen LogP contribution in [0.2, 0.25) is 0 Å². The van der Waals surface area contributed by atoms with E-state index in [0.717, 1.165) is 76.9 Å². The summed E-state index contributed by atoms with van der Waals surface area (Å²) in [7, 11) is 0. The standard InChI is InChI=1S/C23H34N4O3/c1-20-24-8-11-27(20)19-23(28)6-9-26(10-7-23)18-21-4-2-3-5-22(21)30-17-14-25-12-15-29-16-13-25/h2-5,8,11,28H,6-7,9-10,12-19H2,1H3. The van der Waals surface area contributed by atoms with Crippen LogP contribution in [0, 0.1) is 6.92 Å². The van der Waals surface area contributed by atoms with Gasteiger partial charge in [-0.1, -0.05) is 18.2 Å². The second kappa shape index (κ2) is 9.92. The van der Waals surface area contributed by atoms with Gasteiger partial charge in [0.1, 0.15) is 18.2 Å². The van der Waals surface area contributed by atoms with E-state index in [1.54, 1.807) is 6.20 Å². The minimum Gasteiger partial charge on any atom is -0.492 e. The van der Waals surface area contributed by atoms with Crippen LogP contribution >= 0.6 is 0 Å². The number of hydrogen-bond donors (Lipinski definition) is 1. The highest BCUT2D eigenvalue weighted by Gasteiger charge is 2.33. The van der Waals surface area contributed by atoms with Gasteiger partial charge < -0.3 is 19.1 Å². The minimum absolute atomic E-state index is 0.619. The Hall–Kier alpha value is -1.93. The molecule has 2 aromatic rings. The van der Waals surface area contributed by atoms with Gasteiger partial charge in [0.15, 0.2) is 0 Å². The molecule has 7 heteroatoms. The first-order valence-corrected chi connectivity index (χ1v) is 11.0. The minimum atomic E-state index is -0.657. The number of rotatable bonds is 8. The maximum atomic E-state index is 11.0. The fourth-order valence-corrected chi connectivity index (χ4v) is 4.30. The lowest BCUT2D eigenvalue weighted by atomic mass is 9.91. The fourth-order valence-electron chi connectivity index (χ4n) is 4.30. The summed E-state index contributed by atoms with van der Waals surface area (Å²) in [5, 5.41) is 11.0. The Morgan fingerprint density at radius 2 is 1.87 bits per heavy atom. The number of para-hydroxylation sites is 1. The zero-order valence-corrected chi connectivity index (χ0v) is 18.0. The van der Waals surface area contributed by atoms with Crippen LogP contribution in [0.3, 0.4) is 0 Å². The van der Waals surface area contributed by atoms with E-state index >= 15 is 0 Å². The van der Waals surface area contributed by atoms with Crippen LogP contribution < -0.4 is 4.74 Å². The molecule has 164 valence electrons. The summed E-state index contributed by atoms with van der Waals surface area (Å²) < 4.78 is 13.6. The van der Waals surface area contributed by atoms with E-state index in [2.05, 4.69) is 33.0 Å². The first-order valence-electron chi connectivity index (χ1n) is 11.0. The number of aryl methyl sites for hydroxylation is 1. The number of aromatic nitrogens is 2. The van der Waals surface area contributed by atoms with Crippen molar-refractivity contribution in [2.24, 2.45) is 0 Å². The third-order valence-electron chi connectivity index (χ3n) is 6.31. The molecule has 7 nitrogen and oxygen atoms in total. The Morgan fingerprint density at radius 3 is 2.60 bits per heavy atom. The molecule has 1 N–H and O–H groups in total. The zero-order chi connectivity index (χ0) is 20.8. The summed E-state index contributed by atoms with van der Waals surface area (Å²) in [5.74, 6) is 1.93. The van der Waals surface area contributed by atoms with Gasteiger partial charge in [0, 0.05) is 57.2 Å². The molecule has 0 radical (unpaired) electrons. The molecule has 0 atom stereocenters. The van der Waals surface area contributed by atoms with Gasteiger partial charge in [-0.3, -0.25) is 9.80 Å². The monoisotopic (exact) mass is 414 g/mol. The van der Waals surface area contributed by atoms with E-state index in [-0.39, 0.29) is 0 Å². The van der Waals surface area contributed by atoms with Crippen LogP contribution in [0.1, 0.15) is 24.2 Å². The lowest BCUT2D eigenvalue weighted by Gasteiger charge is -2.38. The zero-order valence-electron chi connectivity index (χ0n) is 18.0. The summed E-state index contributed by atoms with van der Waals surface area (Å²) in [6, 6.07) is 8.33. The number of morpholine rings is 1. The summed E-state index contributed by atoms with van der Waals surface area (Å²) in [6.07, 6.45) is 5.28. The number of ether oxygens (including phenoxy) is 2. The molecule has 2 fully saturated rings. The first-order chi connectivity index (χ1) is 14.6. The van der Waals surface area contributed by atoms with E-state index in [1.165, 1.54) is 5.56 Å². The molecule has 0 unspecified atom stereocenters. The number of imidazole rings is 1. The largest absolute Gasteiger partial charge is 0.492 e. The van der Waals surface area contributed by atoms with Crippen molar-refractivity contribution in [3.8, 4) is 5.75 Å². The number of benzene rings is 1. The molecule has 1 aromatic carbocycles. The highest BCUT2D eigenvalue weighted by molar-refractivity contribution is 5.33. The molecule has 0 spiro atoms. The van der Waals surface area contributed by atoms with E-state index in [9.17, 15) is 5.11 Å². The van der Waals surface area contributed by atoms with Crippen LogP contribution in [0.4, 0.5) is 0 Å². The van der Waals surface area contributed by atoms with Crippen molar-refractivity contribution in [2.45, 2.75) is 38.5 Å². The van der Waals surface area contributed by atoms with Crippen molar-refractivity contribution in [1.82, 2.24) is 19.4 Å². The molecule has 0 amide bonds. The Labute approximate surface area is 179 Å². The van der Waals surface area contributed by atoms with Gasteiger partial charge in [-0.25, -0.2) is 4.98 Å². The summed E-state index contributed by atoms with van der Waals surface area (Å²) >= 11 is 0. The van der Waals surface area contributed by atoms with E-state index < -0.39 is 5.60 Å². The van der Waals surface area contributed by atoms with Crippen molar-refractivity contribution in [2.75, 3.05) is 52.5 Å². The van der Waals surface area contributed by atoms with Crippen molar-refractivity contribution in [1.29, 1.82) is 0 Å². The molecule has 30 heavy (non-hydrogen) atoms. The predicted molar refractivity (Wildman–Crippen MR) is 116 cm³/mol.